The molecule has 3 heterocycles. The lowest BCUT2D eigenvalue weighted by atomic mass is 9.94. The predicted molar refractivity (Wildman–Crippen MR) is 116 cm³/mol. The third-order valence-electron chi connectivity index (χ3n) is 6.13. The van der Waals surface area contributed by atoms with Crippen LogP contribution >= 0.6 is 0 Å². The van der Waals surface area contributed by atoms with Crippen LogP contribution in [0.5, 0.6) is 0 Å². The van der Waals surface area contributed by atoms with Gasteiger partial charge in [-0.1, -0.05) is 19.3 Å². The number of nitrogens with zero attached hydrogens (tertiary/aromatic N) is 6. The molecule has 5 aromatic rings. The molecule has 9 heteroatoms. The number of rotatable bonds is 3. The third-order valence-corrected chi connectivity index (χ3v) is 6.13. The molecule has 1 fully saturated rings. The SMILES string of the molecule is O=c1[nH]cnc2ccc(-c3nc4cc(-c5nn[nH]n5)ccc4n3C3CCCCC3)cc12. The molecule has 31 heavy (non-hydrogen) atoms. The first kappa shape index (κ1) is 17.9. The van der Waals surface area contributed by atoms with Crippen LogP contribution in [0.4, 0.5) is 0 Å². The summed E-state index contributed by atoms with van der Waals surface area (Å²) in [6.07, 6.45) is 7.39. The van der Waals surface area contributed by atoms with Gasteiger partial charge in [-0.25, -0.2) is 9.97 Å². The van der Waals surface area contributed by atoms with Crippen molar-refractivity contribution in [1.29, 1.82) is 0 Å². The number of aromatic amines is 2. The van der Waals surface area contributed by atoms with Crippen molar-refractivity contribution in [3.8, 4) is 22.8 Å². The second-order valence-corrected chi connectivity index (χ2v) is 8.00. The summed E-state index contributed by atoms with van der Waals surface area (Å²) in [6.45, 7) is 0. The second-order valence-electron chi connectivity index (χ2n) is 8.00. The molecule has 0 bridgehead atoms. The summed E-state index contributed by atoms with van der Waals surface area (Å²) in [4.78, 5) is 24.3. The molecule has 1 aliphatic carbocycles. The highest BCUT2D eigenvalue weighted by molar-refractivity contribution is 5.87. The highest BCUT2D eigenvalue weighted by Crippen LogP contribution is 2.37. The van der Waals surface area contributed by atoms with Gasteiger partial charge in [-0.05, 0) is 54.5 Å². The molecule has 9 nitrogen and oxygen atoms in total. The van der Waals surface area contributed by atoms with Gasteiger partial charge in [0.2, 0.25) is 5.82 Å². The lowest BCUT2D eigenvalue weighted by Crippen LogP contribution is -2.14. The van der Waals surface area contributed by atoms with Crippen LogP contribution < -0.4 is 5.56 Å². The predicted octanol–water partition coefficient (Wildman–Crippen LogP) is 3.63. The number of aromatic nitrogens is 8. The van der Waals surface area contributed by atoms with E-state index in [4.69, 9.17) is 4.98 Å². The van der Waals surface area contributed by atoms with Crippen molar-refractivity contribution < 1.29 is 0 Å². The van der Waals surface area contributed by atoms with Gasteiger partial charge < -0.3 is 9.55 Å². The van der Waals surface area contributed by atoms with Gasteiger partial charge in [0.1, 0.15) is 5.82 Å². The zero-order valence-corrected chi connectivity index (χ0v) is 16.7. The van der Waals surface area contributed by atoms with E-state index in [1.54, 1.807) is 0 Å². The fourth-order valence-electron chi connectivity index (χ4n) is 4.64. The number of fused-ring (bicyclic) bond motifs is 2. The average Bonchev–Trinajstić information content (AvgIpc) is 3.47. The molecule has 0 unspecified atom stereocenters. The monoisotopic (exact) mass is 412 g/mol. The van der Waals surface area contributed by atoms with E-state index >= 15 is 0 Å². The van der Waals surface area contributed by atoms with Crippen molar-refractivity contribution in [1.82, 2.24) is 40.1 Å². The number of imidazole rings is 1. The number of hydrogen-bond donors (Lipinski definition) is 2. The number of tetrazole rings is 1. The van der Waals surface area contributed by atoms with Crippen molar-refractivity contribution >= 4 is 21.9 Å². The first-order valence-corrected chi connectivity index (χ1v) is 10.5. The first-order valence-electron chi connectivity index (χ1n) is 10.5. The van der Waals surface area contributed by atoms with E-state index < -0.39 is 0 Å². The van der Waals surface area contributed by atoms with E-state index in [1.165, 1.54) is 25.6 Å². The summed E-state index contributed by atoms with van der Waals surface area (Å²) in [5, 5.41) is 14.9. The summed E-state index contributed by atoms with van der Waals surface area (Å²) >= 11 is 0. The van der Waals surface area contributed by atoms with E-state index in [2.05, 4.69) is 41.2 Å². The van der Waals surface area contributed by atoms with Crippen molar-refractivity contribution in [2.75, 3.05) is 0 Å². The Labute approximate surface area is 176 Å². The summed E-state index contributed by atoms with van der Waals surface area (Å²) < 4.78 is 2.35. The second kappa shape index (κ2) is 7.12. The molecule has 154 valence electrons. The maximum atomic E-state index is 12.4. The van der Waals surface area contributed by atoms with Crippen molar-refractivity contribution in [3.63, 3.8) is 0 Å². The lowest BCUT2D eigenvalue weighted by molar-refractivity contribution is 0.362. The Morgan fingerprint density at radius 1 is 0.968 bits per heavy atom. The Morgan fingerprint density at radius 2 is 1.84 bits per heavy atom. The molecule has 0 saturated heterocycles. The van der Waals surface area contributed by atoms with Gasteiger partial charge in [-0.3, -0.25) is 4.79 Å². The smallest absolute Gasteiger partial charge is 0.258 e. The van der Waals surface area contributed by atoms with Crippen LogP contribution in [-0.4, -0.2) is 40.1 Å². The van der Waals surface area contributed by atoms with Crippen molar-refractivity contribution in [2.24, 2.45) is 0 Å². The van der Waals surface area contributed by atoms with E-state index in [-0.39, 0.29) is 5.56 Å². The molecular weight excluding hydrogens is 392 g/mol. The Kier molecular flexibility index (Phi) is 4.12. The zero-order chi connectivity index (χ0) is 20.8. The van der Waals surface area contributed by atoms with Crippen LogP contribution in [-0.2, 0) is 0 Å². The largest absolute Gasteiger partial charge is 0.321 e. The van der Waals surface area contributed by atoms with Crippen LogP contribution in [0.1, 0.15) is 38.1 Å². The van der Waals surface area contributed by atoms with Gasteiger partial charge in [-0.2, -0.15) is 5.21 Å². The zero-order valence-electron chi connectivity index (χ0n) is 16.7. The summed E-state index contributed by atoms with van der Waals surface area (Å²) in [5.74, 6) is 1.41. The van der Waals surface area contributed by atoms with Crippen molar-refractivity contribution in [2.45, 2.75) is 38.1 Å². The van der Waals surface area contributed by atoms with E-state index in [9.17, 15) is 4.79 Å². The number of hydrogen-bond acceptors (Lipinski definition) is 6. The van der Waals surface area contributed by atoms with E-state index in [1.807, 2.05) is 30.3 Å². The van der Waals surface area contributed by atoms with Crippen LogP contribution in [0.3, 0.4) is 0 Å². The standard InChI is InChI=1S/C22H20N8O/c31-22-16-10-14(6-8-17(16)23-12-24-22)21-25-18-11-13(20-26-28-29-27-20)7-9-19(18)30(21)15-4-2-1-3-5-15/h6-12,15H,1-5H2,(H,23,24,31)(H,26,27,28,29). The van der Waals surface area contributed by atoms with Gasteiger partial charge in [0.05, 0.1) is 28.3 Å². The summed E-state index contributed by atoms with van der Waals surface area (Å²) in [7, 11) is 0. The number of H-pyrrole nitrogens is 2. The van der Waals surface area contributed by atoms with E-state index in [0.717, 1.165) is 40.8 Å². The topological polar surface area (TPSA) is 118 Å². The lowest BCUT2D eigenvalue weighted by Gasteiger charge is -2.25. The molecule has 0 spiro atoms. The fourth-order valence-corrected chi connectivity index (χ4v) is 4.64. The minimum Gasteiger partial charge on any atom is -0.321 e. The Morgan fingerprint density at radius 3 is 2.68 bits per heavy atom. The van der Waals surface area contributed by atoms with Crippen LogP contribution in [0, 0.1) is 0 Å². The van der Waals surface area contributed by atoms with Gasteiger partial charge in [-0.15, -0.1) is 10.2 Å². The Balaban J connectivity index is 1.58. The van der Waals surface area contributed by atoms with E-state index in [0.29, 0.717) is 22.8 Å². The Hall–Kier alpha value is -3.88. The minimum absolute atomic E-state index is 0.147. The van der Waals surface area contributed by atoms with Gasteiger partial charge in [0.15, 0.2) is 0 Å². The van der Waals surface area contributed by atoms with Gasteiger partial charge >= 0.3 is 0 Å². The molecule has 0 aliphatic heterocycles. The summed E-state index contributed by atoms with van der Waals surface area (Å²) in [5.41, 5.74) is 4.25. The average molecular weight is 412 g/mol. The van der Waals surface area contributed by atoms with Crippen LogP contribution in [0.15, 0.2) is 47.5 Å². The molecule has 0 radical (unpaired) electrons. The third kappa shape index (κ3) is 3.00. The summed E-state index contributed by atoms with van der Waals surface area (Å²) in [6, 6.07) is 12.2. The molecule has 2 aromatic carbocycles. The molecular formula is C22H20N8O. The van der Waals surface area contributed by atoms with Gasteiger partial charge in [0, 0.05) is 17.2 Å². The Bertz CT molecular complexity index is 1440. The molecule has 6 rings (SSSR count). The van der Waals surface area contributed by atoms with Gasteiger partial charge in [0.25, 0.3) is 5.56 Å². The molecule has 0 atom stereocenters. The molecule has 0 amide bonds. The molecule has 2 N–H and O–H groups in total. The maximum Gasteiger partial charge on any atom is 0.258 e. The molecule has 3 aromatic heterocycles. The molecule has 1 saturated carbocycles. The normalized spacial score (nSPS) is 15.1. The molecule has 1 aliphatic rings. The number of benzene rings is 2. The first-order chi connectivity index (χ1) is 15.3. The highest BCUT2D eigenvalue weighted by atomic mass is 16.1. The highest BCUT2D eigenvalue weighted by Gasteiger charge is 2.23. The minimum atomic E-state index is -0.147. The van der Waals surface area contributed by atoms with Crippen LogP contribution in [0.25, 0.3) is 44.7 Å². The maximum absolute atomic E-state index is 12.4. The van der Waals surface area contributed by atoms with Crippen LogP contribution in [0.2, 0.25) is 0 Å². The quantitative estimate of drug-likeness (QED) is 0.467. The van der Waals surface area contributed by atoms with Crippen molar-refractivity contribution in [3.05, 3.63) is 53.1 Å². The number of nitrogens with one attached hydrogen (secondary N) is 2. The fraction of sp³-hybridized carbons (Fsp3) is 0.273.